The van der Waals surface area contributed by atoms with Gasteiger partial charge in [-0.1, -0.05) is 23.2 Å². The van der Waals surface area contributed by atoms with Crippen LogP contribution in [-0.4, -0.2) is 0 Å². The topological polar surface area (TPSA) is 35.2 Å². The quantitative estimate of drug-likeness (QED) is 0.817. The van der Waals surface area contributed by atoms with Gasteiger partial charge in [0.1, 0.15) is 17.4 Å². The molecule has 2 aromatic rings. The van der Waals surface area contributed by atoms with Gasteiger partial charge in [-0.2, -0.15) is 0 Å². The van der Waals surface area contributed by atoms with Crippen molar-refractivity contribution in [1.29, 1.82) is 0 Å². The smallest absolute Gasteiger partial charge is 0.153 e. The maximum Gasteiger partial charge on any atom is 0.153 e. The van der Waals surface area contributed by atoms with Crippen LogP contribution in [0.5, 0.6) is 11.5 Å². The molecule has 0 radical (unpaired) electrons. The highest BCUT2D eigenvalue weighted by Gasteiger charge is 2.10. The Morgan fingerprint density at radius 1 is 0.944 bits per heavy atom. The van der Waals surface area contributed by atoms with E-state index < -0.39 is 11.6 Å². The summed E-state index contributed by atoms with van der Waals surface area (Å²) < 4.78 is 31.4. The molecule has 0 saturated carbocycles. The third-order valence-corrected chi connectivity index (χ3v) is 2.75. The third-order valence-electron chi connectivity index (χ3n) is 2.17. The molecule has 2 nitrogen and oxygen atoms in total. The van der Waals surface area contributed by atoms with Crippen molar-refractivity contribution in [2.75, 3.05) is 5.73 Å². The van der Waals surface area contributed by atoms with Crippen molar-refractivity contribution >= 4 is 28.9 Å². The summed E-state index contributed by atoms with van der Waals surface area (Å²) in [4.78, 5) is 0. The van der Waals surface area contributed by atoms with E-state index in [2.05, 4.69) is 0 Å². The Hall–Kier alpha value is -1.52. The zero-order valence-corrected chi connectivity index (χ0v) is 10.4. The summed E-state index contributed by atoms with van der Waals surface area (Å²) in [5.74, 6) is -0.932. The molecule has 0 atom stereocenters. The Balaban J connectivity index is 2.37. The first kappa shape index (κ1) is 12.9. The highest BCUT2D eigenvalue weighted by atomic mass is 35.5. The van der Waals surface area contributed by atoms with Crippen LogP contribution in [0.1, 0.15) is 0 Å². The van der Waals surface area contributed by atoms with E-state index in [0.717, 1.165) is 12.1 Å². The van der Waals surface area contributed by atoms with Gasteiger partial charge in [0.2, 0.25) is 0 Å². The fourth-order valence-electron chi connectivity index (χ4n) is 1.31. The second-order valence-corrected chi connectivity index (χ2v) is 4.30. The second kappa shape index (κ2) is 5.00. The van der Waals surface area contributed by atoms with E-state index in [4.69, 9.17) is 33.7 Å². The molecular weight excluding hydrogens is 283 g/mol. The summed E-state index contributed by atoms with van der Waals surface area (Å²) in [7, 11) is 0. The van der Waals surface area contributed by atoms with Crippen molar-refractivity contribution in [2.45, 2.75) is 0 Å². The summed E-state index contributed by atoms with van der Waals surface area (Å²) in [6.45, 7) is 0. The van der Waals surface area contributed by atoms with E-state index in [1.54, 1.807) is 0 Å². The van der Waals surface area contributed by atoms with Gasteiger partial charge in [0, 0.05) is 6.07 Å². The molecule has 0 aromatic heterocycles. The van der Waals surface area contributed by atoms with Crippen LogP contribution in [0.25, 0.3) is 0 Å². The van der Waals surface area contributed by atoms with Gasteiger partial charge in [0.25, 0.3) is 0 Å². The second-order valence-electron chi connectivity index (χ2n) is 3.48. The molecule has 0 spiro atoms. The van der Waals surface area contributed by atoms with Crippen molar-refractivity contribution in [2.24, 2.45) is 0 Å². The fourth-order valence-corrected chi connectivity index (χ4v) is 1.69. The molecule has 18 heavy (non-hydrogen) atoms. The van der Waals surface area contributed by atoms with Gasteiger partial charge in [-0.05, 0) is 24.3 Å². The molecule has 0 heterocycles. The Kier molecular flexibility index (Phi) is 3.59. The number of benzene rings is 2. The lowest BCUT2D eigenvalue weighted by molar-refractivity contribution is 0.477. The van der Waals surface area contributed by atoms with Crippen LogP contribution in [0.2, 0.25) is 10.0 Å². The summed E-state index contributed by atoms with van der Waals surface area (Å²) in [6, 6.07) is 5.84. The zero-order valence-electron chi connectivity index (χ0n) is 8.88. The molecule has 0 aliphatic heterocycles. The van der Waals surface area contributed by atoms with Crippen molar-refractivity contribution < 1.29 is 13.5 Å². The van der Waals surface area contributed by atoms with E-state index in [-0.39, 0.29) is 27.2 Å². The van der Waals surface area contributed by atoms with Crippen molar-refractivity contribution in [1.82, 2.24) is 0 Å². The Morgan fingerprint density at radius 2 is 1.67 bits per heavy atom. The maximum atomic E-state index is 13.3. The largest absolute Gasteiger partial charge is 0.454 e. The van der Waals surface area contributed by atoms with Crippen LogP contribution in [0.3, 0.4) is 0 Å². The minimum absolute atomic E-state index is 0.0600. The SMILES string of the molecule is Nc1cc(Cl)c(F)cc1Oc1ccc(F)cc1Cl. The first-order valence-corrected chi connectivity index (χ1v) is 5.60. The van der Waals surface area contributed by atoms with Crippen LogP contribution in [0.15, 0.2) is 30.3 Å². The van der Waals surface area contributed by atoms with Gasteiger partial charge in [-0.3, -0.25) is 0 Å². The van der Waals surface area contributed by atoms with Gasteiger partial charge in [-0.15, -0.1) is 0 Å². The molecule has 2 N–H and O–H groups in total. The Labute approximate surface area is 112 Å². The first-order valence-electron chi connectivity index (χ1n) is 4.85. The lowest BCUT2D eigenvalue weighted by Gasteiger charge is -2.10. The minimum atomic E-state index is -0.667. The normalized spacial score (nSPS) is 10.4. The Morgan fingerprint density at radius 3 is 2.33 bits per heavy atom. The molecule has 2 rings (SSSR count). The van der Waals surface area contributed by atoms with Crippen LogP contribution >= 0.6 is 23.2 Å². The lowest BCUT2D eigenvalue weighted by Crippen LogP contribution is -1.94. The Bertz CT molecular complexity index is 605. The number of ether oxygens (including phenoxy) is 1. The van der Waals surface area contributed by atoms with Gasteiger partial charge in [0.15, 0.2) is 5.75 Å². The third kappa shape index (κ3) is 2.66. The van der Waals surface area contributed by atoms with Crippen LogP contribution in [-0.2, 0) is 0 Å². The molecule has 0 aliphatic carbocycles. The standard InChI is InChI=1S/C12H7Cl2F2NO/c13-7-4-10(17)12(5-9(7)16)18-11-2-1-6(15)3-8(11)14/h1-5H,17H2. The number of hydrogen-bond acceptors (Lipinski definition) is 2. The van der Waals surface area contributed by atoms with Crippen molar-refractivity contribution in [3.8, 4) is 11.5 Å². The van der Waals surface area contributed by atoms with E-state index >= 15 is 0 Å². The average molecular weight is 290 g/mol. The molecular formula is C12H7Cl2F2NO. The molecule has 6 heteroatoms. The van der Waals surface area contributed by atoms with E-state index in [1.165, 1.54) is 18.2 Å². The monoisotopic (exact) mass is 289 g/mol. The van der Waals surface area contributed by atoms with Gasteiger partial charge in [-0.25, -0.2) is 8.78 Å². The van der Waals surface area contributed by atoms with E-state index in [1.807, 2.05) is 0 Å². The summed E-state index contributed by atoms with van der Waals surface area (Å²) in [6.07, 6.45) is 0. The molecule has 0 bridgehead atoms. The predicted molar refractivity (Wildman–Crippen MR) is 67.3 cm³/mol. The molecule has 2 aromatic carbocycles. The highest BCUT2D eigenvalue weighted by Crippen LogP contribution is 2.35. The molecule has 0 amide bonds. The number of rotatable bonds is 2. The predicted octanol–water partition coefficient (Wildman–Crippen LogP) is 4.65. The highest BCUT2D eigenvalue weighted by molar-refractivity contribution is 6.32. The fraction of sp³-hybridized carbons (Fsp3) is 0. The molecule has 0 unspecified atom stereocenters. The first-order chi connectivity index (χ1) is 8.47. The summed E-state index contributed by atoms with van der Waals surface area (Å²) in [5.41, 5.74) is 5.78. The lowest BCUT2D eigenvalue weighted by atomic mass is 10.3. The molecule has 0 aliphatic rings. The van der Waals surface area contributed by atoms with Crippen LogP contribution < -0.4 is 10.5 Å². The van der Waals surface area contributed by atoms with Gasteiger partial charge >= 0.3 is 0 Å². The molecule has 0 saturated heterocycles. The van der Waals surface area contributed by atoms with Crippen molar-refractivity contribution in [3.05, 3.63) is 52.0 Å². The maximum absolute atomic E-state index is 13.3. The van der Waals surface area contributed by atoms with E-state index in [9.17, 15) is 8.78 Å². The summed E-state index contributed by atoms with van der Waals surface area (Å²) in [5, 5.41) is -0.0465. The van der Waals surface area contributed by atoms with Crippen molar-refractivity contribution in [3.63, 3.8) is 0 Å². The van der Waals surface area contributed by atoms with E-state index in [0.29, 0.717) is 0 Å². The minimum Gasteiger partial charge on any atom is -0.454 e. The number of anilines is 1. The zero-order chi connectivity index (χ0) is 13.3. The van der Waals surface area contributed by atoms with Gasteiger partial charge < -0.3 is 10.5 Å². The molecule has 94 valence electrons. The number of nitrogens with two attached hydrogens (primary N) is 1. The average Bonchev–Trinajstić information content (AvgIpc) is 2.29. The number of hydrogen-bond donors (Lipinski definition) is 1. The number of halogens is 4. The number of nitrogen functional groups attached to an aromatic ring is 1. The summed E-state index contributed by atoms with van der Waals surface area (Å²) >= 11 is 11.3. The van der Waals surface area contributed by atoms with Crippen LogP contribution in [0, 0.1) is 11.6 Å². The molecule has 0 fully saturated rings. The van der Waals surface area contributed by atoms with Gasteiger partial charge in [0.05, 0.1) is 15.7 Å². The van der Waals surface area contributed by atoms with Crippen LogP contribution in [0.4, 0.5) is 14.5 Å².